The fraction of sp³-hybridized carbons (Fsp3) is 0.100. The number of nitrogens with two attached hydrogens (primary N) is 1. The summed E-state index contributed by atoms with van der Waals surface area (Å²) >= 11 is 0. The van der Waals surface area contributed by atoms with Crippen LogP contribution >= 0.6 is 0 Å². The van der Waals surface area contributed by atoms with Crippen molar-refractivity contribution in [3.05, 3.63) is 41.7 Å². The van der Waals surface area contributed by atoms with E-state index in [1.54, 1.807) is 24.3 Å². The van der Waals surface area contributed by atoms with Gasteiger partial charge < -0.3 is 10.8 Å². The van der Waals surface area contributed by atoms with Gasteiger partial charge in [-0.05, 0) is 24.3 Å². The molecule has 0 saturated heterocycles. The molecule has 0 bridgehead atoms. The standard InChI is InChI=1S/C10H10N4O2/c11-10(16)7-1-3-8(4-2-7)14-9(6-15)5-12-13-14/h1-5,15H,6H2,(H2,11,16). The summed E-state index contributed by atoms with van der Waals surface area (Å²) in [5.41, 5.74) is 6.84. The minimum Gasteiger partial charge on any atom is -0.390 e. The molecular weight excluding hydrogens is 208 g/mol. The van der Waals surface area contributed by atoms with E-state index in [1.807, 2.05) is 0 Å². The Bertz CT molecular complexity index is 504. The Morgan fingerprint density at radius 3 is 2.62 bits per heavy atom. The van der Waals surface area contributed by atoms with Crippen LogP contribution in [0.3, 0.4) is 0 Å². The van der Waals surface area contributed by atoms with Crippen molar-refractivity contribution in [3.63, 3.8) is 0 Å². The highest BCUT2D eigenvalue weighted by Crippen LogP contribution is 2.10. The van der Waals surface area contributed by atoms with Crippen molar-refractivity contribution in [1.29, 1.82) is 0 Å². The van der Waals surface area contributed by atoms with Crippen LogP contribution in [0.25, 0.3) is 5.69 Å². The maximum Gasteiger partial charge on any atom is 0.248 e. The Hall–Kier alpha value is -2.21. The first kappa shape index (κ1) is 10.3. The number of hydrogen-bond donors (Lipinski definition) is 2. The van der Waals surface area contributed by atoms with E-state index in [0.717, 1.165) is 0 Å². The second kappa shape index (κ2) is 4.11. The van der Waals surface area contributed by atoms with Crippen molar-refractivity contribution in [2.45, 2.75) is 6.61 Å². The highest BCUT2D eigenvalue weighted by molar-refractivity contribution is 5.92. The Labute approximate surface area is 91.3 Å². The molecule has 0 spiro atoms. The SMILES string of the molecule is NC(=O)c1ccc(-n2nncc2CO)cc1. The monoisotopic (exact) mass is 218 g/mol. The predicted octanol–water partition coefficient (Wildman–Crippen LogP) is -0.142. The summed E-state index contributed by atoms with van der Waals surface area (Å²) < 4.78 is 1.49. The van der Waals surface area contributed by atoms with Crippen LogP contribution in [0.5, 0.6) is 0 Å². The van der Waals surface area contributed by atoms with Crippen LogP contribution < -0.4 is 5.73 Å². The summed E-state index contributed by atoms with van der Waals surface area (Å²) in [5.74, 6) is -0.479. The van der Waals surface area contributed by atoms with Crippen molar-refractivity contribution in [1.82, 2.24) is 15.0 Å². The van der Waals surface area contributed by atoms with Crippen LogP contribution in [0, 0.1) is 0 Å². The fourth-order valence-corrected chi connectivity index (χ4v) is 1.35. The second-order valence-electron chi connectivity index (χ2n) is 3.21. The van der Waals surface area contributed by atoms with E-state index >= 15 is 0 Å². The second-order valence-corrected chi connectivity index (χ2v) is 3.21. The number of aliphatic hydroxyl groups is 1. The topological polar surface area (TPSA) is 94.0 Å². The van der Waals surface area contributed by atoms with Crippen molar-refractivity contribution < 1.29 is 9.90 Å². The molecule has 16 heavy (non-hydrogen) atoms. The largest absolute Gasteiger partial charge is 0.390 e. The summed E-state index contributed by atoms with van der Waals surface area (Å²) in [6.07, 6.45) is 1.47. The molecule has 2 rings (SSSR count). The number of hydrogen-bond acceptors (Lipinski definition) is 4. The lowest BCUT2D eigenvalue weighted by Crippen LogP contribution is -2.11. The van der Waals surface area contributed by atoms with Crippen LogP contribution in [0.4, 0.5) is 0 Å². The highest BCUT2D eigenvalue weighted by Gasteiger charge is 2.06. The molecule has 0 radical (unpaired) electrons. The number of aromatic nitrogens is 3. The molecule has 0 aliphatic carbocycles. The molecule has 6 heteroatoms. The maximum atomic E-state index is 10.9. The first-order valence-corrected chi connectivity index (χ1v) is 4.63. The van der Waals surface area contributed by atoms with Crippen molar-refractivity contribution in [2.24, 2.45) is 5.73 Å². The third-order valence-corrected chi connectivity index (χ3v) is 2.18. The molecule has 1 aromatic heterocycles. The van der Waals surface area contributed by atoms with Crippen LogP contribution in [0.15, 0.2) is 30.5 Å². The van der Waals surface area contributed by atoms with Crippen molar-refractivity contribution >= 4 is 5.91 Å². The third-order valence-electron chi connectivity index (χ3n) is 2.18. The number of amides is 1. The normalized spacial score (nSPS) is 10.3. The van der Waals surface area contributed by atoms with E-state index in [9.17, 15) is 4.79 Å². The molecule has 0 atom stereocenters. The van der Waals surface area contributed by atoms with Gasteiger partial charge in [0.05, 0.1) is 24.2 Å². The average Bonchev–Trinajstić information content (AvgIpc) is 2.77. The lowest BCUT2D eigenvalue weighted by molar-refractivity contribution is 0.100. The number of primary amides is 1. The van der Waals surface area contributed by atoms with E-state index in [2.05, 4.69) is 10.3 Å². The average molecular weight is 218 g/mol. The van der Waals surface area contributed by atoms with Crippen molar-refractivity contribution in [3.8, 4) is 5.69 Å². The number of aliphatic hydroxyl groups excluding tert-OH is 1. The van der Waals surface area contributed by atoms with Gasteiger partial charge in [0, 0.05) is 5.56 Å². The molecule has 2 aromatic rings. The fourth-order valence-electron chi connectivity index (χ4n) is 1.35. The first-order chi connectivity index (χ1) is 7.72. The molecule has 0 fully saturated rings. The minimum atomic E-state index is -0.479. The van der Waals surface area contributed by atoms with Crippen LogP contribution in [-0.4, -0.2) is 26.0 Å². The van der Waals surface area contributed by atoms with Gasteiger partial charge in [-0.15, -0.1) is 5.10 Å². The lowest BCUT2D eigenvalue weighted by atomic mass is 10.2. The summed E-state index contributed by atoms with van der Waals surface area (Å²) in [6, 6.07) is 6.57. The Morgan fingerprint density at radius 2 is 2.06 bits per heavy atom. The molecule has 0 unspecified atom stereocenters. The van der Waals surface area contributed by atoms with Gasteiger partial charge in [-0.2, -0.15) is 0 Å². The zero-order valence-corrected chi connectivity index (χ0v) is 8.37. The quantitative estimate of drug-likeness (QED) is 0.749. The predicted molar refractivity (Wildman–Crippen MR) is 55.8 cm³/mol. The molecule has 3 N–H and O–H groups in total. The van der Waals surface area contributed by atoms with E-state index in [-0.39, 0.29) is 6.61 Å². The molecule has 1 heterocycles. The molecule has 82 valence electrons. The van der Waals surface area contributed by atoms with Gasteiger partial charge in [-0.1, -0.05) is 5.21 Å². The van der Waals surface area contributed by atoms with E-state index in [1.165, 1.54) is 10.9 Å². The molecule has 0 aliphatic heterocycles. The Kier molecular flexibility index (Phi) is 2.65. The highest BCUT2D eigenvalue weighted by atomic mass is 16.3. The molecule has 6 nitrogen and oxygen atoms in total. The van der Waals surface area contributed by atoms with Crippen LogP contribution in [-0.2, 0) is 6.61 Å². The first-order valence-electron chi connectivity index (χ1n) is 4.63. The third kappa shape index (κ3) is 1.78. The van der Waals surface area contributed by atoms with Crippen LogP contribution in [0.2, 0.25) is 0 Å². The molecule has 1 aromatic carbocycles. The van der Waals surface area contributed by atoms with Gasteiger partial charge in [0.25, 0.3) is 0 Å². The van der Waals surface area contributed by atoms with Gasteiger partial charge in [0.1, 0.15) is 0 Å². The number of benzene rings is 1. The zero-order chi connectivity index (χ0) is 11.5. The van der Waals surface area contributed by atoms with Gasteiger partial charge in [-0.25, -0.2) is 4.68 Å². The number of nitrogens with zero attached hydrogens (tertiary/aromatic N) is 3. The molecular formula is C10H10N4O2. The number of rotatable bonds is 3. The van der Waals surface area contributed by atoms with Gasteiger partial charge in [-0.3, -0.25) is 4.79 Å². The summed E-state index contributed by atoms with van der Waals surface area (Å²) in [4.78, 5) is 10.9. The van der Waals surface area contributed by atoms with Gasteiger partial charge >= 0.3 is 0 Å². The number of carbonyl (C=O) groups is 1. The molecule has 0 saturated carbocycles. The lowest BCUT2D eigenvalue weighted by Gasteiger charge is -2.04. The van der Waals surface area contributed by atoms with Crippen LogP contribution in [0.1, 0.15) is 16.1 Å². The van der Waals surface area contributed by atoms with Gasteiger partial charge in [0.15, 0.2) is 0 Å². The Morgan fingerprint density at radius 1 is 1.38 bits per heavy atom. The smallest absolute Gasteiger partial charge is 0.248 e. The van der Waals surface area contributed by atoms with E-state index < -0.39 is 5.91 Å². The summed E-state index contributed by atoms with van der Waals surface area (Å²) in [5, 5.41) is 16.5. The van der Waals surface area contributed by atoms with Gasteiger partial charge in [0.2, 0.25) is 5.91 Å². The molecule has 1 amide bonds. The minimum absolute atomic E-state index is 0.148. The molecule has 0 aliphatic rings. The van der Waals surface area contributed by atoms with E-state index in [0.29, 0.717) is 16.9 Å². The maximum absolute atomic E-state index is 10.9. The zero-order valence-electron chi connectivity index (χ0n) is 8.37. The van der Waals surface area contributed by atoms with E-state index in [4.69, 9.17) is 10.8 Å². The number of carbonyl (C=O) groups excluding carboxylic acids is 1. The van der Waals surface area contributed by atoms with Crippen molar-refractivity contribution in [2.75, 3.05) is 0 Å². The Balaban J connectivity index is 2.38. The summed E-state index contributed by atoms with van der Waals surface area (Å²) in [7, 11) is 0. The summed E-state index contributed by atoms with van der Waals surface area (Å²) in [6.45, 7) is -0.148.